The molecule has 0 spiro atoms. The smallest absolute Gasteiger partial charge is 0.135 e. The monoisotopic (exact) mass is 211 g/mol. The van der Waals surface area contributed by atoms with Crippen molar-refractivity contribution < 1.29 is 9.90 Å². The molecule has 0 aromatic heterocycles. The molecule has 15 heavy (non-hydrogen) atoms. The van der Waals surface area contributed by atoms with Crippen LogP contribution in [0.3, 0.4) is 0 Å². The largest absolute Gasteiger partial charge is 0.387 e. The second-order valence-electron chi connectivity index (χ2n) is 4.67. The van der Waals surface area contributed by atoms with Gasteiger partial charge in [0.1, 0.15) is 5.78 Å². The third-order valence-corrected chi connectivity index (χ3v) is 3.12. The molecule has 1 rings (SSSR count). The average Bonchev–Trinajstić information content (AvgIpc) is 2.18. The van der Waals surface area contributed by atoms with Gasteiger partial charge in [-0.3, -0.25) is 4.79 Å². The van der Waals surface area contributed by atoms with Crippen LogP contribution in [0.25, 0.3) is 0 Å². The summed E-state index contributed by atoms with van der Waals surface area (Å²) >= 11 is 0. The van der Waals surface area contributed by atoms with Gasteiger partial charge >= 0.3 is 0 Å². The number of carbonyl (C=O) groups excluding carboxylic acids is 1. The highest BCUT2D eigenvalue weighted by molar-refractivity contribution is 5.91. The Labute approximate surface area is 91.4 Å². The van der Waals surface area contributed by atoms with Gasteiger partial charge in [0.2, 0.25) is 0 Å². The molecule has 0 heterocycles. The molecule has 1 aliphatic rings. The van der Waals surface area contributed by atoms with Crippen LogP contribution in [0.5, 0.6) is 0 Å². The molecule has 0 aromatic carbocycles. The Bertz CT molecular complexity index is 238. The molecule has 1 saturated carbocycles. The van der Waals surface area contributed by atoms with Crippen molar-refractivity contribution in [2.75, 3.05) is 0 Å². The fourth-order valence-electron chi connectivity index (χ4n) is 2.04. The zero-order valence-corrected chi connectivity index (χ0v) is 9.46. The third-order valence-electron chi connectivity index (χ3n) is 3.12. The predicted molar refractivity (Wildman–Crippen MR) is 60.2 cm³/mol. The summed E-state index contributed by atoms with van der Waals surface area (Å²) in [6.07, 6.45) is 4.61. The lowest BCUT2D eigenvalue weighted by Gasteiger charge is -2.11. The van der Waals surface area contributed by atoms with Crippen LogP contribution in [0.2, 0.25) is 0 Å². The van der Waals surface area contributed by atoms with Gasteiger partial charge in [-0.05, 0) is 25.2 Å². The van der Waals surface area contributed by atoms with Crippen molar-refractivity contribution in [3.05, 3.63) is 0 Å². The summed E-state index contributed by atoms with van der Waals surface area (Å²) in [6, 6.07) is 0. The minimum Gasteiger partial charge on any atom is -0.387 e. The first-order valence-corrected chi connectivity index (χ1v) is 5.86. The van der Waals surface area contributed by atoms with E-state index in [1.54, 1.807) is 0 Å². The number of hydrogen-bond acceptors (Lipinski definition) is 3. The van der Waals surface area contributed by atoms with Crippen LogP contribution < -0.4 is 0 Å². The predicted octanol–water partition coefficient (Wildman–Crippen LogP) is 2.32. The van der Waals surface area contributed by atoms with E-state index in [-0.39, 0.29) is 12.2 Å². The van der Waals surface area contributed by atoms with Crippen LogP contribution in [0.4, 0.5) is 0 Å². The SMILES string of the molecule is CC1CCCC(=N)C(O)CC(=O)CCC1. The molecule has 0 amide bonds. The highest BCUT2D eigenvalue weighted by Gasteiger charge is 2.17. The molecular formula is C12H21NO2. The van der Waals surface area contributed by atoms with Crippen LogP contribution >= 0.6 is 0 Å². The molecule has 0 aromatic rings. The quantitative estimate of drug-likeness (QED) is 0.646. The van der Waals surface area contributed by atoms with Crippen molar-refractivity contribution in [1.29, 1.82) is 5.41 Å². The molecule has 86 valence electrons. The van der Waals surface area contributed by atoms with Gasteiger partial charge in [0, 0.05) is 18.6 Å². The summed E-state index contributed by atoms with van der Waals surface area (Å²) in [5, 5.41) is 17.2. The van der Waals surface area contributed by atoms with Crippen molar-refractivity contribution in [2.24, 2.45) is 5.92 Å². The number of nitrogens with one attached hydrogen (secondary N) is 1. The lowest BCUT2D eigenvalue weighted by atomic mass is 9.97. The molecule has 2 N–H and O–H groups in total. The molecule has 0 radical (unpaired) electrons. The van der Waals surface area contributed by atoms with E-state index in [9.17, 15) is 9.90 Å². The van der Waals surface area contributed by atoms with Crippen molar-refractivity contribution in [3.63, 3.8) is 0 Å². The maximum Gasteiger partial charge on any atom is 0.135 e. The number of aliphatic hydroxyl groups is 1. The van der Waals surface area contributed by atoms with Crippen LogP contribution in [0.1, 0.15) is 51.9 Å². The summed E-state index contributed by atoms with van der Waals surface area (Å²) in [5.41, 5.74) is 0.331. The molecule has 0 bridgehead atoms. The van der Waals surface area contributed by atoms with Crippen LogP contribution in [0.15, 0.2) is 0 Å². The maximum absolute atomic E-state index is 11.4. The van der Waals surface area contributed by atoms with Crippen molar-refractivity contribution in [3.8, 4) is 0 Å². The summed E-state index contributed by atoms with van der Waals surface area (Å²) < 4.78 is 0. The molecule has 0 saturated heterocycles. The van der Waals surface area contributed by atoms with Crippen molar-refractivity contribution >= 4 is 11.5 Å². The van der Waals surface area contributed by atoms with Crippen LogP contribution in [-0.2, 0) is 4.79 Å². The van der Waals surface area contributed by atoms with E-state index in [0.29, 0.717) is 24.5 Å². The Kier molecular flexibility index (Phi) is 4.95. The number of aliphatic hydroxyl groups excluding tert-OH is 1. The molecule has 0 aliphatic heterocycles. The first-order chi connectivity index (χ1) is 7.09. The van der Waals surface area contributed by atoms with Gasteiger partial charge < -0.3 is 10.5 Å². The molecule has 3 nitrogen and oxygen atoms in total. The summed E-state index contributed by atoms with van der Waals surface area (Å²) in [5.74, 6) is 0.738. The number of rotatable bonds is 0. The number of hydrogen-bond donors (Lipinski definition) is 2. The first-order valence-electron chi connectivity index (χ1n) is 5.86. The Morgan fingerprint density at radius 2 is 1.87 bits per heavy atom. The van der Waals surface area contributed by atoms with Gasteiger partial charge in [-0.1, -0.05) is 19.8 Å². The molecule has 2 unspecified atom stereocenters. The summed E-state index contributed by atoms with van der Waals surface area (Å²) in [4.78, 5) is 11.4. The van der Waals surface area contributed by atoms with Crippen molar-refractivity contribution in [2.45, 2.75) is 58.0 Å². The van der Waals surface area contributed by atoms with E-state index in [1.807, 2.05) is 0 Å². The molecule has 2 atom stereocenters. The van der Waals surface area contributed by atoms with Crippen LogP contribution in [0, 0.1) is 11.3 Å². The fourth-order valence-corrected chi connectivity index (χ4v) is 2.04. The average molecular weight is 211 g/mol. The van der Waals surface area contributed by atoms with Gasteiger partial charge in [-0.25, -0.2) is 0 Å². The molecule has 1 fully saturated rings. The van der Waals surface area contributed by atoms with Crippen molar-refractivity contribution in [1.82, 2.24) is 0 Å². The molecule has 1 aliphatic carbocycles. The van der Waals surface area contributed by atoms with Gasteiger partial charge in [0.15, 0.2) is 0 Å². The van der Waals surface area contributed by atoms with E-state index < -0.39 is 6.10 Å². The number of ketones is 1. The first kappa shape index (κ1) is 12.4. The Balaban J connectivity index is 2.52. The second kappa shape index (κ2) is 6.01. The summed E-state index contributed by atoms with van der Waals surface area (Å²) in [7, 11) is 0. The van der Waals surface area contributed by atoms with Gasteiger partial charge in [-0.2, -0.15) is 0 Å². The Morgan fingerprint density at radius 3 is 2.53 bits per heavy atom. The van der Waals surface area contributed by atoms with E-state index in [2.05, 4.69) is 6.92 Å². The highest BCUT2D eigenvalue weighted by Crippen LogP contribution is 2.18. The van der Waals surface area contributed by atoms with Gasteiger partial charge in [-0.15, -0.1) is 0 Å². The van der Waals surface area contributed by atoms with Gasteiger partial charge in [0.05, 0.1) is 6.10 Å². The Hall–Kier alpha value is -0.700. The maximum atomic E-state index is 11.4. The minimum atomic E-state index is -0.828. The highest BCUT2D eigenvalue weighted by atomic mass is 16.3. The third kappa shape index (κ3) is 4.56. The Morgan fingerprint density at radius 1 is 1.27 bits per heavy atom. The zero-order valence-electron chi connectivity index (χ0n) is 9.46. The fraction of sp³-hybridized carbons (Fsp3) is 0.833. The lowest BCUT2D eigenvalue weighted by Crippen LogP contribution is -2.22. The molecule has 3 heteroatoms. The standard InChI is InChI=1S/C12H21NO2/c1-9-4-2-6-10(14)8-12(15)11(13)7-3-5-9/h9,12-13,15H,2-8H2,1H3. The lowest BCUT2D eigenvalue weighted by molar-refractivity contribution is -0.120. The normalized spacial score (nSPS) is 31.1. The van der Waals surface area contributed by atoms with Crippen LogP contribution in [-0.4, -0.2) is 22.7 Å². The number of carbonyl (C=O) groups is 1. The second-order valence-corrected chi connectivity index (χ2v) is 4.67. The minimum absolute atomic E-state index is 0.0985. The number of Topliss-reactive ketones (excluding diaryl/α,β-unsaturated/α-hetero) is 1. The van der Waals surface area contributed by atoms with E-state index in [0.717, 1.165) is 25.7 Å². The summed E-state index contributed by atoms with van der Waals surface area (Å²) in [6.45, 7) is 2.20. The van der Waals surface area contributed by atoms with Gasteiger partial charge in [0.25, 0.3) is 0 Å². The van der Waals surface area contributed by atoms with E-state index in [1.165, 1.54) is 0 Å². The van der Waals surface area contributed by atoms with E-state index in [4.69, 9.17) is 5.41 Å². The van der Waals surface area contributed by atoms with E-state index >= 15 is 0 Å². The topological polar surface area (TPSA) is 61.1 Å². The molecular weight excluding hydrogens is 190 g/mol. The zero-order chi connectivity index (χ0) is 11.3.